The van der Waals surface area contributed by atoms with Crippen LogP contribution in [0.25, 0.3) is 0 Å². The number of benzene rings is 1. The first-order valence-electron chi connectivity index (χ1n) is 8.17. The average molecular weight is 343 g/mol. The van der Waals surface area contributed by atoms with Gasteiger partial charge in [0.15, 0.2) is 5.76 Å². The first-order chi connectivity index (χ1) is 11.9. The SMILES string of the molecule is Cc1ccc(C(CNC(=O)CN(C)C(=O)c2ccco2)N(C)C)cc1. The van der Waals surface area contributed by atoms with Gasteiger partial charge in [-0.25, -0.2) is 0 Å². The van der Waals surface area contributed by atoms with Gasteiger partial charge in [0.2, 0.25) is 5.91 Å². The lowest BCUT2D eigenvalue weighted by Gasteiger charge is -2.25. The summed E-state index contributed by atoms with van der Waals surface area (Å²) in [4.78, 5) is 27.7. The van der Waals surface area contributed by atoms with E-state index in [2.05, 4.69) is 34.5 Å². The van der Waals surface area contributed by atoms with E-state index in [1.165, 1.54) is 16.7 Å². The van der Waals surface area contributed by atoms with Gasteiger partial charge in [-0.3, -0.25) is 9.59 Å². The molecule has 0 radical (unpaired) electrons. The highest BCUT2D eigenvalue weighted by molar-refractivity contribution is 5.94. The molecular formula is C19H25N3O3. The molecule has 0 fully saturated rings. The molecule has 0 bridgehead atoms. The molecule has 2 aromatic rings. The van der Waals surface area contributed by atoms with Gasteiger partial charge in [-0.15, -0.1) is 0 Å². The highest BCUT2D eigenvalue weighted by atomic mass is 16.3. The predicted molar refractivity (Wildman–Crippen MR) is 96.3 cm³/mol. The van der Waals surface area contributed by atoms with Gasteiger partial charge in [0.05, 0.1) is 18.8 Å². The number of furan rings is 1. The van der Waals surface area contributed by atoms with Gasteiger partial charge >= 0.3 is 0 Å². The quantitative estimate of drug-likeness (QED) is 0.836. The molecule has 1 atom stereocenters. The molecule has 6 heteroatoms. The Hall–Kier alpha value is -2.60. The molecule has 0 aliphatic heterocycles. The number of carbonyl (C=O) groups is 2. The van der Waals surface area contributed by atoms with Crippen LogP contribution in [0.2, 0.25) is 0 Å². The van der Waals surface area contributed by atoms with E-state index in [9.17, 15) is 9.59 Å². The van der Waals surface area contributed by atoms with Crippen molar-refractivity contribution < 1.29 is 14.0 Å². The van der Waals surface area contributed by atoms with Crippen molar-refractivity contribution in [1.82, 2.24) is 15.1 Å². The molecule has 6 nitrogen and oxygen atoms in total. The third kappa shape index (κ3) is 5.19. The number of nitrogens with zero attached hydrogens (tertiary/aromatic N) is 2. The van der Waals surface area contributed by atoms with E-state index in [1.54, 1.807) is 19.2 Å². The van der Waals surface area contributed by atoms with Gasteiger partial charge in [-0.05, 0) is 38.7 Å². The van der Waals surface area contributed by atoms with Crippen molar-refractivity contribution in [2.75, 3.05) is 34.2 Å². The number of aryl methyl sites for hydroxylation is 1. The summed E-state index contributed by atoms with van der Waals surface area (Å²) in [5, 5.41) is 2.90. The Labute approximate surface area is 148 Å². The monoisotopic (exact) mass is 343 g/mol. The molecule has 0 aliphatic carbocycles. The molecule has 1 heterocycles. The van der Waals surface area contributed by atoms with Crippen LogP contribution < -0.4 is 5.32 Å². The normalized spacial score (nSPS) is 12.0. The van der Waals surface area contributed by atoms with Crippen LogP contribution in [0.4, 0.5) is 0 Å². The Balaban J connectivity index is 1.90. The second-order valence-corrected chi connectivity index (χ2v) is 6.33. The number of hydrogen-bond donors (Lipinski definition) is 1. The first-order valence-corrected chi connectivity index (χ1v) is 8.17. The number of likely N-dealkylation sites (N-methyl/N-ethyl adjacent to an activating group) is 2. The zero-order valence-corrected chi connectivity index (χ0v) is 15.2. The van der Waals surface area contributed by atoms with Crippen molar-refractivity contribution >= 4 is 11.8 Å². The Morgan fingerprint density at radius 2 is 1.80 bits per heavy atom. The van der Waals surface area contributed by atoms with E-state index in [-0.39, 0.29) is 30.2 Å². The molecule has 25 heavy (non-hydrogen) atoms. The van der Waals surface area contributed by atoms with E-state index < -0.39 is 0 Å². The third-order valence-corrected chi connectivity index (χ3v) is 4.04. The van der Waals surface area contributed by atoms with Gasteiger partial charge in [-0.1, -0.05) is 29.8 Å². The summed E-state index contributed by atoms with van der Waals surface area (Å²) in [5.74, 6) is -0.301. The summed E-state index contributed by atoms with van der Waals surface area (Å²) < 4.78 is 5.07. The van der Waals surface area contributed by atoms with Gasteiger partial charge in [0.25, 0.3) is 5.91 Å². The summed E-state index contributed by atoms with van der Waals surface area (Å²) >= 11 is 0. The van der Waals surface area contributed by atoms with Gasteiger partial charge < -0.3 is 19.5 Å². The maximum absolute atomic E-state index is 12.2. The Kier molecular flexibility index (Phi) is 6.36. The molecule has 1 N–H and O–H groups in total. The fourth-order valence-corrected chi connectivity index (χ4v) is 2.53. The van der Waals surface area contributed by atoms with Gasteiger partial charge in [0.1, 0.15) is 0 Å². The molecule has 0 aliphatic rings. The average Bonchev–Trinajstić information content (AvgIpc) is 3.10. The molecule has 1 aromatic heterocycles. The predicted octanol–water partition coefficient (Wildman–Crippen LogP) is 2.08. The van der Waals surface area contributed by atoms with E-state index in [1.807, 2.05) is 21.0 Å². The van der Waals surface area contributed by atoms with Gasteiger partial charge in [-0.2, -0.15) is 0 Å². The van der Waals surface area contributed by atoms with Crippen LogP contribution >= 0.6 is 0 Å². The molecule has 2 rings (SSSR count). The minimum Gasteiger partial charge on any atom is -0.459 e. The van der Waals surface area contributed by atoms with Crippen LogP contribution in [-0.4, -0.2) is 55.8 Å². The molecule has 0 spiro atoms. The minimum absolute atomic E-state index is 0.0203. The largest absolute Gasteiger partial charge is 0.459 e. The standard InChI is InChI=1S/C19H25N3O3/c1-14-7-9-15(10-8-14)16(21(2)3)12-20-18(23)13-22(4)19(24)17-6-5-11-25-17/h5-11,16H,12-13H2,1-4H3,(H,20,23). The summed E-state index contributed by atoms with van der Waals surface area (Å²) in [6.07, 6.45) is 1.43. The summed E-state index contributed by atoms with van der Waals surface area (Å²) in [6, 6.07) is 11.5. The Morgan fingerprint density at radius 1 is 1.12 bits per heavy atom. The van der Waals surface area contributed by atoms with Crippen molar-refractivity contribution in [1.29, 1.82) is 0 Å². The number of carbonyl (C=O) groups excluding carboxylic acids is 2. The maximum atomic E-state index is 12.2. The highest BCUT2D eigenvalue weighted by Gasteiger charge is 2.19. The number of amides is 2. The van der Waals surface area contributed by atoms with E-state index in [0.717, 1.165) is 5.56 Å². The van der Waals surface area contributed by atoms with Crippen LogP contribution in [0.15, 0.2) is 47.1 Å². The van der Waals surface area contributed by atoms with E-state index in [0.29, 0.717) is 6.54 Å². The van der Waals surface area contributed by atoms with Crippen molar-refractivity contribution in [3.63, 3.8) is 0 Å². The molecular weight excluding hydrogens is 318 g/mol. The fourth-order valence-electron chi connectivity index (χ4n) is 2.53. The molecule has 134 valence electrons. The summed E-state index contributed by atoms with van der Waals surface area (Å²) in [7, 11) is 5.53. The lowest BCUT2D eigenvalue weighted by molar-refractivity contribution is -0.121. The second-order valence-electron chi connectivity index (χ2n) is 6.33. The maximum Gasteiger partial charge on any atom is 0.289 e. The molecule has 1 unspecified atom stereocenters. The zero-order chi connectivity index (χ0) is 18.4. The van der Waals surface area contributed by atoms with Crippen molar-refractivity contribution in [3.05, 3.63) is 59.5 Å². The Bertz CT molecular complexity index is 693. The van der Waals surface area contributed by atoms with Crippen molar-refractivity contribution in [2.45, 2.75) is 13.0 Å². The third-order valence-electron chi connectivity index (χ3n) is 4.04. The topological polar surface area (TPSA) is 65.8 Å². The molecule has 0 saturated heterocycles. The lowest BCUT2D eigenvalue weighted by Crippen LogP contribution is -2.41. The second kappa shape index (κ2) is 8.48. The molecule has 1 aromatic carbocycles. The Morgan fingerprint density at radius 3 is 2.36 bits per heavy atom. The molecule has 2 amide bonds. The van der Waals surface area contributed by atoms with Crippen LogP contribution in [0.3, 0.4) is 0 Å². The van der Waals surface area contributed by atoms with Crippen molar-refractivity contribution in [3.8, 4) is 0 Å². The minimum atomic E-state index is -0.317. The van der Waals surface area contributed by atoms with Crippen LogP contribution in [0.5, 0.6) is 0 Å². The van der Waals surface area contributed by atoms with Crippen LogP contribution in [-0.2, 0) is 4.79 Å². The van der Waals surface area contributed by atoms with Crippen molar-refractivity contribution in [2.24, 2.45) is 0 Å². The lowest BCUT2D eigenvalue weighted by atomic mass is 10.0. The van der Waals surface area contributed by atoms with Gasteiger partial charge in [0, 0.05) is 13.6 Å². The zero-order valence-electron chi connectivity index (χ0n) is 15.2. The molecule has 0 saturated carbocycles. The smallest absolute Gasteiger partial charge is 0.289 e. The van der Waals surface area contributed by atoms with Crippen LogP contribution in [0, 0.1) is 6.92 Å². The number of rotatable bonds is 7. The fraction of sp³-hybridized carbons (Fsp3) is 0.368. The highest BCUT2D eigenvalue weighted by Crippen LogP contribution is 2.17. The summed E-state index contributed by atoms with van der Waals surface area (Å²) in [6.45, 7) is 2.49. The van der Waals surface area contributed by atoms with Crippen LogP contribution in [0.1, 0.15) is 27.7 Å². The number of nitrogens with one attached hydrogen (secondary N) is 1. The number of hydrogen-bond acceptors (Lipinski definition) is 4. The first kappa shape index (κ1) is 18.7. The summed E-state index contributed by atoms with van der Waals surface area (Å²) in [5.41, 5.74) is 2.33. The van der Waals surface area contributed by atoms with E-state index >= 15 is 0 Å². The van der Waals surface area contributed by atoms with E-state index in [4.69, 9.17) is 4.42 Å².